The zero-order chi connectivity index (χ0) is 14.1. The average Bonchev–Trinajstić information content (AvgIpc) is 2.79. The van der Waals surface area contributed by atoms with Crippen LogP contribution in [0.2, 0.25) is 0 Å². The Kier molecular flexibility index (Phi) is 3.62. The number of fused-ring (bicyclic) bond motifs is 1. The molecule has 0 amide bonds. The van der Waals surface area contributed by atoms with Crippen LogP contribution in [0.4, 0.5) is 0 Å². The third-order valence-corrected chi connectivity index (χ3v) is 4.25. The maximum absolute atomic E-state index is 12.3. The number of carbonyl (C=O) groups excluding carboxylic acids is 1. The molecule has 1 aromatic carbocycles. The standard InChI is InChI=1S/C17H20O3/c1-3-19-15-11(2)9-10-13-14(17(18)20-16(13)15)12-7-5-4-6-8-12/h4-8,11,15-16H,3,9-10H2,1-2H3/t11-,15+,16+/m0/s1. The highest BCUT2D eigenvalue weighted by Gasteiger charge is 2.44. The van der Waals surface area contributed by atoms with E-state index in [4.69, 9.17) is 9.47 Å². The van der Waals surface area contributed by atoms with Crippen molar-refractivity contribution >= 4 is 11.5 Å². The van der Waals surface area contributed by atoms with Crippen molar-refractivity contribution in [3.63, 3.8) is 0 Å². The monoisotopic (exact) mass is 272 g/mol. The van der Waals surface area contributed by atoms with E-state index in [0.29, 0.717) is 12.5 Å². The molecule has 0 radical (unpaired) electrons. The Balaban J connectivity index is 2.00. The quantitative estimate of drug-likeness (QED) is 0.793. The van der Waals surface area contributed by atoms with Gasteiger partial charge in [0.2, 0.25) is 0 Å². The van der Waals surface area contributed by atoms with Gasteiger partial charge in [-0.2, -0.15) is 0 Å². The van der Waals surface area contributed by atoms with E-state index in [1.807, 2.05) is 37.3 Å². The summed E-state index contributed by atoms with van der Waals surface area (Å²) in [6.45, 7) is 4.81. The van der Waals surface area contributed by atoms with Gasteiger partial charge in [-0.05, 0) is 36.8 Å². The molecule has 0 spiro atoms. The van der Waals surface area contributed by atoms with Gasteiger partial charge in [-0.15, -0.1) is 0 Å². The van der Waals surface area contributed by atoms with Crippen LogP contribution >= 0.6 is 0 Å². The van der Waals surface area contributed by atoms with Gasteiger partial charge in [-0.25, -0.2) is 4.79 Å². The van der Waals surface area contributed by atoms with Gasteiger partial charge >= 0.3 is 5.97 Å². The molecule has 0 saturated heterocycles. The first-order valence-corrected chi connectivity index (χ1v) is 7.33. The van der Waals surface area contributed by atoms with Crippen LogP contribution in [0.1, 0.15) is 32.3 Å². The summed E-state index contributed by atoms with van der Waals surface area (Å²) >= 11 is 0. The van der Waals surface area contributed by atoms with Crippen molar-refractivity contribution in [3.05, 3.63) is 41.5 Å². The number of benzene rings is 1. The van der Waals surface area contributed by atoms with Crippen molar-refractivity contribution in [2.24, 2.45) is 5.92 Å². The van der Waals surface area contributed by atoms with Crippen molar-refractivity contribution in [3.8, 4) is 0 Å². The predicted octanol–water partition coefficient (Wildman–Crippen LogP) is 3.20. The normalized spacial score (nSPS) is 29.3. The first kappa shape index (κ1) is 13.4. The summed E-state index contributed by atoms with van der Waals surface area (Å²) in [5, 5.41) is 0. The minimum absolute atomic E-state index is 0.00564. The molecular weight excluding hydrogens is 252 g/mol. The third kappa shape index (κ3) is 2.16. The van der Waals surface area contributed by atoms with Crippen LogP contribution < -0.4 is 0 Å². The molecule has 3 nitrogen and oxygen atoms in total. The van der Waals surface area contributed by atoms with Crippen LogP contribution in [0.15, 0.2) is 35.9 Å². The second-order valence-electron chi connectivity index (χ2n) is 5.53. The number of hydrogen-bond acceptors (Lipinski definition) is 3. The summed E-state index contributed by atoms with van der Waals surface area (Å²) in [7, 11) is 0. The molecule has 1 aliphatic carbocycles. The van der Waals surface area contributed by atoms with E-state index in [9.17, 15) is 4.79 Å². The van der Waals surface area contributed by atoms with E-state index in [-0.39, 0.29) is 18.2 Å². The second-order valence-corrected chi connectivity index (χ2v) is 5.53. The minimum atomic E-state index is -0.199. The van der Waals surface area contributed by atoms with Gasteiger partial charge < -0.3 is 9.47 Å². The van der Waals surface area contributed by atoms with Crippen LogP contribution in [0, 0.1) is 5.92 Å². The van der Waals surface area contributed by atoms with Gasteiger partial charge in [0.1, 0.15) is 6.10 Å². The molecule has 20 heavy (non-hydrogen) atoms. The largest absolute Gasteiger partial charge is 0.451 e. The molecule has 2 aliphatic rings. The lowest BCUT2D eigenvalue weighted by molar-refractivity contribution is -0.147. The SMILES string of the molecule is CCO[C@H]1[C@@H]2OC(=O)C(c3ccccc3)=C2CC[C@@H]1C. The smallest absolute Gasteiger partial charge is 0.339 e. The zero-order valence-corrected chi connectivity index (χ0v) is 12.0. The van der Waals surface area contributed by atoms with Crippen LogP contribution in [-0.2, 0) is 14.3 Å². The molecule has 1 aliphatic heterocycles. The molecule has 0 N–H and O–H groups in total. The van der Waals surface area contributed by atoms with Crippen molar-refractivity contribution in [1.82, 2.24) is 0 Å². The van der Waals surface area contributed by atoms with E-state index in [1.165, 1.54) is 0 Å². The minimum Gasteiger partial charge on any atom is -0.451 e. The molecule has 3 rings (SSSR count). The maximum atomic E-state index is 12.3. The molecule has 106 valence electrons. The molecule has 0 aromatic heterocycles. The summed E-state index contributed by atoms with van der Waals surface area (Å²) < 4.78 is 11.5. The van der Waals surface area contributed by atoms with Gasteiger partial charge in [-0.1, -0.05) is 37.3 Å². The summed E-state index contributed by atoms with van der Waals surface area (Å²) in [4.78, 5) is 12.3. The molecule has 1 heterocycles. The average molecular weight is 272 g/mol. The lowest BCUT2D eigenvalue weighted by Crippen LogP contribution is -2.40. The number of ether oxygens (including phenoxy) is 2. The molecule has 1 aromatic rings. The van der Waals surface area contributed by atoms with Gasteiger partial charge in [0, 0.05) is 6.61 Å². The maximum Gasteiger partial charge on any atom is 0.339 e. The van der Waals surface area contributed by atoms with Crippen LogP contribution in [0.25, 0.3) is 5.57 Å². The van der Waals surface area contributed by atoms with Gasteiger partial charge in [-0.3, -0.25) is 0 Å². The van der Waals surface area contributed by atoms with Gasteiger partial charge in [0.05, 0.1) is 5.57 Å². The molecule has 0 unspecified atom stereocenters. The zero-order valence-electron chi connectivity index (χ0n) is 12.0. The first-order valence-electron chi connectivity index (χ1n) is 7.33. The summed E-state index contributed by atoms with van der Waals surface area (Å²) in [6.07, 6.45) is 1.77. The fourth-order valence-corrected chi connectivity index (χ4v) is 3.25. The van der Waals surface area contributed by atoms with Gasteiger partial charge in [0.25, 0.3) is 0 Å². The van der Waals surface area contributed by atoms with Crippen molar-refractivity contribution < 1.29 is 14.3 Å². The van der Waals surface area contributed by atoms with Gasteiger partial charge in [0.15, 0.2) is 6.10 Å². The first-order chi connectivity index (χ1) is 9.72. The Hall–Kier alpha value is -1.61. The summed E-state index contributed by atoms with van der Waals surface area (Å²) in [6, 6.07) is 9.81. The highest BCUT2D eigenvalue weighted by molar-refractivity contribution is 6.19. The molecule has 3 atom stereocenters. The Morgan fingerprint density at radius 3 is 2.75 bits per heavy atom. The fourth-order valence-electron chi connectivity index (χ4n) is 3.25. The third-order valence-electron chi connectivity index (χ3n) is 4.25. The fraction of sp³-hybridized carbons (Fsp3) is 0.471. The number of hydrogen-bond donors (Lipinski definition) is 0. The molecule has 3 heteroatoms. The predicted molar refractivity (Wildman–Crippen MR) is 77.1 cm³/mol. The number of esters is 1. The number of carbonyl (C=O) groups is 1. The lowest BCUT2D eigenvalue weighted by Gasteiger charge is -2.34. The number of rotatable bonds is 3. The van der Waals surface area contributed by atoms with Crippen LogP contribution in [-0.4, -0.2) is 24.8 Å². The van der Waals surface area contributed by atoms with E-state index < -0.39 is 0 Å². The van der Waals surface area contributed by atoms with E-state index >= 15 is 0 Å². The van der Waals surface area contributed by atoms with E-state index in [1.54, 1.807) is 0 Å². The van der Waals surface area contributed by atoms with Crippen molar-refractivity contribution in [1.29, 1.82) is 0 Å². The highest BCUT2D eigenvalue weighted by Crippen LogP contribution is 2.42. The second kappa shape index (κ2) is 5.41. The summed E-state index contributed by atoms with van der Waals surface area (Å²) in [5.74, 6) is 0.224. The van der Waals surface area contributed by atoms with Crippen molar-refractivity contribution in [2.45, 2.75) is 38.9 Å². The Bertz CT molecular complexity index is 532. The Labute approximate surface area is 119 Å². The van der Waals surface area contributed by atoms with Crippen LogP contribution in [0.3, 0.4) is 0 Å². The van der Waals surface area contributed by atoms with Crippen LogP contribution in [0.5, 0.6) is 0 Å². The van der Waals surface area contributed by atoms with E-state index in [0.717, 1.165) is 29.6 Å². The van der Waals surface area contributed by atoms with E-state index in [2.05, 4.69) is 6.92 Å². The summed E-state index contributed by atoms with van der Waals surface area (Å²) in [5.41, 5.74) is 2.84. The molecule has 1 saturated carbocycles. The topological polar surface area (TPSA) is 35.5 Å². The highest BCUT2D eigenvalue weighted by atomic mass is 16.6. The Morgan fingerprint density at radius 1 is 1.30 bits per heavy atom. The molecule has 1 fully saturated rings. The molecule has 0 bridgehead atoms. The van der Waals surface area contributed by atoms with Crippen molar-refractivity contribution in [2.75, 3.05) is 6.61 Å². The lowest BCUT2D eigenvalue weighted by atomic mass is 9.80. The molecular formula is C17H20O3. The Morgan fingerprint density at radius 2 is 2.05 bits per heavy atom.